The highest BCUT2D eigenvalue weighted by molar-refractivity contribution is 5.69. The van der Waals surface area contributed by atoms with E-state index in [-0.39, 0.29) is 0 Å². The number of benzene rings is 1. The Labute approximate surface area is 199 Å². The molecule has 2 aliphatic heterocycles. The molecule has 2 N–H and O–H groups in total. The molecule has 9 nitrogen and oxygen atoms in total. The van der Waals surface area contributed by atoms with Crippen LogP contribution < -0.4 is 15.1 Å². The Morgan fingerprint density at radius 2 is 2.12 bits per heavy atom. The summed E-state index contributed by atoms with van der Waals surface area (Å²) in [7, 11) is 1.92. The second-order valence-corrected chi connectivity index (χ2v) is 9.29. The van der Waals surface area contributed by atoms with Crippen LogP contribution in [0, 0.1) is 6.92 Å². The van der Waals surface area contributed by atoms with Gasteiger partial charge in [-0.15, -0.1) is 10.2 Å². The molecule has 1 aromatic carbocycles. The van der Waals surface area contributed by atoms with Gasteiger partial charge >= 0.3 is 0 Å². The number of ether oxygens (including phenoxy) is 1. The molecular formula is C25H31N7O2. The SMILES string of the molecule is CCOc1cc(-c2nncn2C)ccc1NN1C=Cc2cc(C)nc(N3CCC(C)(O)C3)c2C1. The number of anilines is 2. The Balaban J connectivity index is 1.41. The zero-order valence-electron chi connectivity index (χ0n) is 20.1. The third-order valence-electron chi connectivity index (χ3n) is 6.29. The van der Waals surface area contributed by atoms with Gasteiger partial charge in [-0.25, -0.2) is 4.98 Å². The van der Waals surface area contributed by atoms with E-state index in [1.54, 1.807) is 6.33 Å². The highest BCUT2D eigenvalue weighted by atomic mass is 16.5. The normalized spacial score (nSPS) is 19.4. The minimum Gasteiger partial charge on any atom is -0.492 e. The Hall–Kier alpha value is -3.59. The first-order chi connectivity index (χ1) is 16.3. The van der Waals surface area contributed by atoms with Gasteiger partial charge in [0.05, 0.1) is 24.4 Å². The number of rotatable bonds is 6. The summed E-state index contributed by atoms with van der Waals surface area (Å²) in [5.74, 6) is 2.48. The number of pyridine rings is 1. The molecule has 2 aliphatic rings. The van der Waals surface area contributed by atoms with Crippen LogP contribution in [0.25, 0.3) is 17.5 Å². The fraction of sp³-hybridized carbons (Fsp3) is 0.400. The summed E-state index contributed by atoms with van der Waals surface area (Å²) < 4.78 is 7.83. The number of hydrogen-bond donors (Lipinski definition) is 2. The topological polar surface area (TPSA) is 91.6 Å². The first kappa shape index (κ1) is 22.2. The van der Waals surface area contributed by atoms with Crippen molar-refractivity contribution in [2.45, 2.75) is 39.3 Å². The fourth-order valence-electron chi connectivity index (χ4n) is 4.60. The minimum atomic E-state index is -0.683. The van der Waals surface area contributed by atoms with Gasteiger partial charge in [-0.1, -0.05) is 0 Å². The number of aromatic nitrogens is 4. The summed E-state index contributed by atoms with van der Waals surface area (Å²) in [5, 5.41) is 20.7. The van der Waals surface area contributed by atoms with Crippen molar-refractivity contribution >= 4 is 17.6 Å². The quantitative estimate of drug-likeness (QED) is 0.578. The lowest BCUT2D eigenvalue weighted by molar-refractivity contribution is 0.0839. The summed E-state index contributed by atoms with van der Waals surface area (Å²) in [5.41, 5.74) is 7.90. The highest BCUT2D eigenvalue weighted by Crippen LogP contribution is 2.35. The van der Waals surface area contributed by atoms with E-state index >= 15 is 0 Å². The predicted molar refractivity (Wildman–Crippen MR) is 132 cm³/mol. The number of fused-ring (bicyclic) bond motifs is 1. The zero-order valence-corrected chi connectivity index (χ0v) is 20.1. The van der Waals surface area contributed by atoms with Crippen LogP contribution in [0.3, 0.4) is 0 Å². The molecule has 5 rings (SSSR count). The van der Waals surface area contributed by atoms with Gasteiger partial charge in [-0.2, -0.15) is 0 Å². The molecule has 1 atom stereocenters. The van der Waals surface area contributed by atoms with Crippen molar-refractivity contribution in [3.63, 3.8) is 0 Å². The second kappa shape index (κ2) is 8.64. The number of β-amino-alcohol motifs (C(OH)–C–C–N with tert-alkyl or cyclic N) is 1. The van der Waals surface area contributed by atoms with Crippen LogP contribution in [-0.4, -0.2) is 55.2 Å². The summed E-state index contributed by atoms with van der Waals surface area (Å²) in [6.07, 6.45) is 6.57. The van der Waals surface area contributed by atoms with Crippen LogP contribution in [0.15, 0.2) is 36.8 Å². The van der Waals surface area contributed by atoms with Crippen LogP contribution in [0.2, 0.25) is 0 Å². The van der Waals surface area contributed by atoms with Crippen LogP contribution >= 0.6 is 0 Å². The Morgan fingerprint density at radius 3 is 2.82 bits per heavy atom. The van der Waals surface area contributed by atoms with E-state index in [0.717, 1.165) is 58.4 Å². The fourth-order valence-corrected chi connectivity index (χ4v) is 4.60. The van der Waals surface area contributed by atoms with E-state index in [9.17, 15) is 5.11 Å². The molecule has 1 unspecified atom stereocenters. The molecule has 0 spiro atoms. The van der Waals surface area contributed by atoms with Crippen LogP contribution in [0.4, 0.5) is 11.5 Å². The predicted octanol–water partition coefficient (Wildman–Crippen LogP) is 3.36. The standard InChI is InChI=1S/C25H31N7O2/c1-5-34-22-13-19(23-28-26-16-30(23)4)6-7-21(22)29-32-10-8-18-12-17(2)27-24(20(18)14-32)31-11-9-25(3,33)15-31/h6-8,10,12-13,16,29,33H,5,9,11,14-15H2,1-4H3. The maximum Gasteiger partial charge on any atom is 0.163 e. The van der Waals surface area contributed by atoms with Gasteiger partial charge in [-0.05, 0) is 63.1 Å². The molecule has 3 aromatic rings. The van der Waals surface area contributed by atoms with Crippen molar-refractivity contribution in [3.8, 4) is 17.1 Å². The largest absolute Gasteiger partial charge is 0.492 e. The molecule has 34 heavy (non-hydrogen) atoms. The summed E-state index contributed by atoms with van der Waals surface area (Å²) in [6.45, 7) is 8.46. The number of hydrogen-bond acceptors (Lipinski definition) is 8. The molecule has 178 valence electrons. The van der Waals surface area contributed by atoms with Gasteiger partial charge in [0.15, 0.2) is 5.82 Å². The van der Waals surface area contributed by atoms with E-state index in [1.807, 2.05) is 61.8 Å². The van der Waals surface area contributed by atoms with Crippen molar-refractivity contribution in [2.75, 3.05) is 30.0 Å². The Bertz CT molecular complexity index is 1230. The molecule has 0 amide bonds. The number of aryl methyl sites for hydroxylation is 2. The highest BCUT2D eigenvalue weighted by Gasteiger charge is 2.34. The van der Waals surface area contributed by atoms with Crippen LogP contribution in [0.1, 0.15) is 37.1 Å². The number of hydrazine groups is 1. The monoisotopic (exact) mass is 461 g/mol. The molecule has 0 bridgehead atoms. The van der Waals surface area contributed by atoms with Gasteiger partial charge in [0.25, 0.3) is 0 Å². The Morgan fingerprint density at radius 1 is 1.26 bits per heavy atom. The molecule has 0 radical (unpaired) electrons. The molecule has 4 heterocycles. The molecule has 0 aliphatic carbocycles. The van der Waals surface area contributed by atoms with E-state index in [1.165, 1.54) is 0 Å². The first-order valence-corrected chi connectivity index (χ1v) is 11.6. The van der Waals surface area contributed by atoms with Crippen LogP contribution in [-0.2, 0) is 13.6 Å². The molecule has 2 aromatic heterocycles. The maximum atomic E-state index is 10.5. The Kier molecular flexibility index (Phi) is 5.65. The van der Waals surface area contributed by atoms with Gasteiger partial charge in [-0.3, -0.25) is 10.4 Å². The zero-order chi connectivity index (χ0) is 23.9. The van der Waals surface area contributed by atoms with Crippen molar-refractivity contribution in [1.82, 2.24) is 24.8 Å². The summed E-state index contributed by atoms with van der Waals surface area (Å²) in [6, 6.07) is 8.12. The smallest absolute Gasteiger partial charge is 0.163 e. The number of aliphatic hydroxyl groups is 1. The van der Waals surface area contributed by atoms with E-state index < -0.39 is 5.60 Å². The lowest BCUT2D eigenvalue weighted by Crippen LogP contribution is -2.33. The lowest BCUT2D eigenvalue weighted by Gasteiger charge is -2.31. The van der Waals surface area contributed by atoms with E-state index in [2.05, 4.69) is 32.7 Å². The van der Waals surface area contributed by atoms with Crippen molar-refractivity contribution in [2.24, 2.45) is 7.05 Å². The average Bonchev–Trinajstić information content (AvgIpc) is 3.39. The first-order valence-electron chi connectivity index (χ1n) is 11.6. The third kappa shape index (κ3) is 4.31. The minimum absolute atomic E-state index is 0.553. The van der Waals surface area contributed by atoms with Crippen molar-refractivity contribution in [1.29, 1.82) is 0 Å². The van der Waals surface area contributed by atoms with Crippen molar-refractivity contribution < 1.29 is 9.84 Å². The van der Waals surface area contributed by atoms with Gasteiger partial charge < -0.3 is 19.3 Å². The van der Waals surface area contributed by atoms with Gasteiger partial charge in [0.2, 0.25) is 0 Å². The third-order valence-corrected chi connectivity index (χ3v) is 6.29. The number of nitrogens with zero attached hydrogens (tertiary/aromatic N) is 6. The van der Waals surface area contributed by atoms with Crippen molar-refractivity contribution in [3.05, 3.63) is 53.6 Å². The van der Waals surface area contributed by atoms with Crippen LogP contribution in [0.5, 0.6) is 5.75 Å². The maximum absolute atomic E-state index is 10.5. The van der Waals surface area contributed by atoms with E-state index in [0.29, 0.717) is 19.7 Å². The average molecular weight is 462 g/mol. The molecular weight excluding hydrogens is 430 g/mol. The van der Waals surface area contributed by atoms with E-state index in [4.69, 9.17) is 9.72 Å². The number of nitrogens with one attached hydrogen (secondary N) is 1. The van der Waals surface area contributed by atoms with Gasteiger partial charge in [0.1, 0.15) is 17.9 Å². The van der Waals surface area contributed by atoms with Gasteiger partial charge in [0, 0.05) is 43.2 Å². The summed E-state index contributed by atoms with van der Waals surface area (Å²) in [4.78, 5) is 7.06. The lowest BCUT2D eigenvalue weighted by atomic mass is 10.0. The molecule has 1 fully saturated rings. The second-order valence-electron chi connectivity index (χ2n) is 9.29. The summed E-state index contributed by atoms with van der Waals surface area (Å²) >= 11 is 0. The molecule has 0 saturated carbocycles. The molecule has 9 heteroatoms. The molecule has 1 saturated heterocycles.